The Labute approximate surface area is 245 Å². The van der Waals surface area contributed by atoms with Gasteiger partial charge in [-0.2, -0.15) is 0 Å². The Morgan fingerprint density at radius 1 is 0.878 bits per heavy atom. The summed E-state index contributed by atoms with van der Waals surface area (Å²) in [4.78, 5) is 16.4. The van der Waals surface area contributed by atoms with E-state index in [-0.39, 0.29) is 10.9 Å². The predicted octanol–water partition coefficient (Wildman–Crippen LogP) is 11.2. The van der Waals surface area contributed by atoms with E-state index >= 15 is 0 Å². The Bertz CT molecular complexity index is 1310. The van der Waals surface area contributed by atoms with Crippen LogP contribution in [0, 0.1) is 0 Å². The van der Waals surface area contributed by atoms with Crippen LogP contribution in [0.15, 0.2) is 76.6 Å². The van der Waals surface area contributed by atoms with E-state index in [1.54, 1.807) is 6.92 Å². The quantitative estimate of drug-likeness (QED) is 0.176. The number of fused-ring (bicyclic) bond motifs is 1. The normalized spacial score (nSPS) is 13.4. The fraction of sp³-hybridized carbons (Fsp3) is 0.438. The molecule has 0 aliphatic carbocycles. The number of carbonyl (C=O) groups excluding carboxylic acids is 1. The molecule has 0 unspecified atom stereocenters. The van der Waals surface area contributed by atoms with E-state index in [1.165, 1.54) is 40.5 Å². The SMILES string of the molecule is CC(C)=CCCC(C)=CCCC(C)=CCCC(C)=CCC=C(C)OC(=O)Nc1nc2ccc(OC(F)(F)F)cc2s1. The molecule has 0 atom stereocenters. The van der Waals surface area contributed by atoms with Crippen molar-refractivity contribution in [1.82, 2.24) is 4.98 Å². The van der Waals surface area contributed by atoms with Crippen LogP contribution >= 0.6 is 11.3 Å². The number of hydrogen-bond donors (Lipinski definition) is 1. The summed E-state index contributed by atoms with van der Waals surface area (Å²) in [6, 6.07) is 3.79. The fourth-order valence-corrected chi connectivity index (χ4v) is 4.75. The van der Waals surface area contributed by atoms with Gasteiger partial charge in [0.15, 0.2) is 5.13 Å². The first-order valence-corrected chi connectivity index (χ1v) is 14.5. The topological polar surface area (TPSA) is 60.5 Å². The van der Waals surface area contributed by atoms with E-state index in [1.807, 2.05) is 6.08 Å². The van der Waals surface area contributed by atoms with Crippen LogP contribution < -0.4 is 10.1 Å². The maximum Gasteiger partial charge on any atom is 0.573 e. The highest BCUT2D eigenvalue weighted by atomic mass is 32.1. The minimum atomic E-state index is -4.78. The Morgan fingerprint density at radius 3 is 2.05 bits per heavy atom. The summed E-state index contributed by atoms with van der Waals surface area (Å²) in [5, 5.41) is 2.73. The molecule has 0 spiro atoms. The lowest BCUT2D eigenvalue weighted by molar-refractivity contribution is -0.274. The minimum absolute atomic E-state index is 0.215. The molecule has 0 aliphatic rings. The van der Waals surface area contributed by atoms with Crippen LogP contribution in [0.25, 0.3) is 10.2 Å². The number of nitrogens with one attached hydrogen (secondary N) is 1. The summed E-state index contributed by atoms with van der Waals surface area (Å²) in [5.41, 5.74) is 5.94. The zero-order valence-corrected chi connectivity index (χ0v) is 25.6. The number of rotatable bonds is 14. The highest BCUT2D eigenvalue weighted by Crippen LogP contribution is 2.31. The maximum absolute atomic E-state index is 12.4. The van der Waals surface area contributed by atoms with Gasteiger partial charge in [0.1, 0.15) is 11.5 Å². The second-order valence-electron chi connectivity index (χ2n) is 10.3. The first-order chi connectivity index (χ1) is 19.3. The van der Waals surface area contributed by atoms with Crippen molar-refractivity contribution in [2.45, 2.75) is 92.9 Å². The van der Waals surface area contributed by atoms with E-state index in [2.05, 4.69) is 74.0 Å². The molecule has 1 amide bonds. The van der Waals surface area contributed by atoms with Crippen molar-refractivity contribution in [2.24, 2.45) is 0 Å². The van der Waals surface area contributed by atoms with E-state index in [0.29, 0.717) is 22.4 Å². The van der Waals surface area contributed by atoms with E-state index in [0.717, 1.165) is 49.9 Å². The standard InChI is InChI=1S/C32H41F3N2O3S/c1-22(2)11-7-12-23(3)13-8-14-24(4)15-9-16-25(5)17-10-18-26(6)39-31(38)37-30-36-28-20-19-27(21-29(28)41-30)40-32(33,34)35/h11,13,15,17-21H,7-10,12,14,16H2,1-6H3,(H,36,37,38). The smallest absolute Gasteiger partial charge is 0.415 e. The van der Waals surface area contributed by atoms with Gasteiger partial charge in [0.25, 0.3) is 0 Å². The van der Waals surface area contributed by atoms with Crippen molar-refractivity contribution in [3.05, 3.63) is 76.6 Å². The van der Waals surface area contributed by atoms with Gasteiger partial charge in [-0.15, -0.1) is 13.2 Å². The summed E-state index contributed by atoms with van der Waals surface area (Å²) >= 11 is 1.02. The third-order valence-electron chi connectivity index (χ3n) is 6.08. The van der Waals surface area contributed by atoms with Crippen LogP contribution in [0.4, 0.5) is 23.1 Å². The van der Waals surface area contributed by atoms with Gasteiger partial charge in [0, 0.05) is 6.07 Å². The molecule has 1 aromatic carbocycles. The van der Waals surface area contributed by atoms with Crippen LogP contribution in [-0.2, 0) is 4.74 Å². The summed E-state index contributed by atoms with van der Waals surface area (Å²) < 4.78 is 46.9. The van der Waals surface area contributed by atoms with Gasteiger partial charge >= 0.3 is 12.5 Å². The second kappa shape index (κ2) is 16.8. The molecule has 1 aromatic heterocycles. The Hall–Kier alpha value is -3.33. The van der Waals surface area contributed by atoms with Gasteiger partial charge in [-0.1, -0.05) is 57.9 Å². The number of nitrogens with zero attached hydrogens (tertiary/aromatic N) is 1. The summed E-state index contributed by atoms with van der Waals surface area (Å²) in [6.45, 7) is 12.4. The average molecular weight is 591 g/mol. The number of allylic oxidation sites excluding steroid dienone is 10. The van der Waals surface area contributed by atoms with Crippen molar-refractivity contribution in [3.8, 4) is 5.75 Å². The van der Waals surface area contributed by atoms with Crippen LogP contribution in [0.3, 0.4) is 0 Å². The first-order valence-electron chi connectivity index (χ1n) is 13.7. The van der Waals surface area contributed by atoms with E-state index in [9.17, 15) is 18.0 Å². The predicted molar refractivity (Wildman–Crippen MR) is 163 cm³/mol. The molecule has 1 N–H and O–H groups in total. The molecule has 0 bridgehead atoms. The molecule has 0 saturated carbocycles. The number of anilines is 1. The van der Waals surface area contributed by atoms with Crippen molar-refractivity contribution < 1.29 is 27.4 Å². The number of aromatic nitrogens is 1. The Kier molecular flexibility index (Phi) is 13.9. The molecule has 0 aliphatic heterocycles. The lowest BCUT2D eigenvalue weighted by Gasteiger charge is -2.07. The van der Waals surface area contributed by atoms with Gasteiger partial charge in [-0.25, -0.2) is 9.78 Å². The third-order valence-corrected chi connectivity index (χ3v) is 7.02. The number of carbonyl (C=O) groups is 1. The first kappa shape index (κ1) is 33.9. The molecule has 2 aromatic rings. The number of amides is 1. The Morgan fingerprint density at radius 2 is 1.46 bits per heavy atom. The monoisotopic (exact) mass is 590 g/mol. The molecule has 0 radical (unpaired) electrons. The number of ether oxygens (including phenoxy) is 2. The zero-order chi connectivity index (χ0) is 30.4. The van der Waals surface area contributed by atoms with E-state index in [4.69, 9.17) is 4.74 Å². The van der Waals surface area contributed by atoms with Gasteiger partial charge in [-0.3, -0.25) is 5.32 Å². The molecule has 224 valence electrons. The highest BCUT2D eigenvalue weighted by molar-refractivity contribution is 7.22. The molecule has 0 fully saturated rings. The molecular weight excluding hydrogens is 549 g/mol. The number of benzene rings is 1. The lowest BCUT2D eigenvalue weighted by Crippen LogP contribution is -2.16. The van der Waals surface area contributed by atoms with Crippen LogP contribution in [-0.4, -0.2) is 17.4 Å². The van der Waals surface area contributed by atoms with Gasteiger partial charge < -0.3 is 9.47 Å². The lowest BCUT2D eigenvalue weighted by atomic mass is 10.0. The second-order valence-corrected chi connectivity index (χ2v) is 11.3. The summed E-state index contributed by atoms with van der Waals surface area (Å²) in [6.07, 6.45) is 12.4. The van der Waals surface area contributed by atoms with Crippen molar-refractivity contribution >= 4 is 32.8 Å². The van der Waals surface area contributed by atoms with Gasteiger partial charge in [-0.05, 0) is 105 Å². The number of hydrogen-bond acceptors (Lipinski definition) is 5. The summed E-state index contributed by atoms with van der Waals surface area (Å²) in [5.74, 6) is 0.0914. The van der Waals surface area contributed by atoms with Crippen molar-refractivity contribution in [1.29, 1.82) is 0 Å². The molecule has 2 rings (SSSR count). The Balaban J connectivity index is 1.73. The number of halogens is 3. The molecule has 0 saturated heterocycles. The van der Waals surface area contributed by atoms with Crippen molar-refractivity contribution in [3.63, 3.8) is 0 Å². The van der Waals surface area contributed by atoms with Crippen molar-refractivity contribution in [2.75, 3.05) is 5.32 Å². The third kappa shape index (κ3) is 14.7. The number of alkyl halides is 3. The van der Waals surface area contributed by atoms with E-state index < -0.39 is 12.5 Å². The molecule has 5 nitrogen and oxygen atoms in total. The summed E-state index contributed by atoms with van der Waals surface area (Å²) in [7, 11) is 0. The molecule has 9 heteroatoms. The van der Waals surface area contributed by atoms with Gasteiger partial charge in [0.05, 0.1) is 10.2 Å². The molecule has 41 heavy (non-hydrogen) atoms. The average Bonchev–Trinajstić information content (AvgIpc) is 3.23. The molecular formula is C32H41F3N2O3S. The largest absolute Gasteiger partial charge is 0.573 e. The van der Waals surface area contributed by atoms with Gasteiger partial charge in [0.2, 0.25) is 0 Å². The maximum atomic E-state index is 12.4. The van der Waals surface area contributed by atoms with Crippen LogP contribution in [0.1, 0.15) is 86.5 Å². The fourth-order valence-electron chi connectivity index (χ4n) is 3.87. The highest BCUT2D eigenvalue weighted by Gasteiger charge is 2.31. The molecule has 1 heterocycles. The number of thiazole rings is 1. The van der Waals surface area contributed by atoms with Crippen LogP contribution in [0.2, 0.25) is 0 Å². The van der Waals surface area contributed by atoms with Crippen LogP contribution in [0.5, 0.6) is 5.75 Å². The minimum Gasteiger partial charge on any atom is -0.415 e. The zero-order valence-electron chi connectivity index (χ0n) is 24.8.